The highest BCUT2D eigenvalue weighted by atomic mass is 19.1. The highest BCUT2D eigenvalue weighted by molar-refractivity contribution is 5.85. The van der Waals surface area contributed by atoms with Crippen molar-refractivity contribution in [1.82, 2.24) is 4.98 Å². The maximum atomic E-state index is 13.5. The minimum Gasteiger partial charge on any atom is -0.495 e. The molecule has 0 saturated carbocycles. The second kappa shape index (κ2) is 3.66. The van der Waals surface area contributed by atoms with E-state index in [9.17, 15) is 9.18 Å². The lowest BCUT2D eigenvalue weighted by Crippen LogP contribution is -2.10. The number of aromatic nitrogens is 1. The molecule has 0 bridgehead atoms. The number of fused-ring (bicyclic) bond motifs is 1. The summed E-state index contributed by atoms with van der Waals surface area (Å²) in [4.78, 5) is 13.8. The topological polar surface area (TPSA) is 65.9 Å². The number of hydrogen-bond acceptors (Lipinski definition) is 3. The molecule has 16 heavy (non-hydrogen) atoms. The van der Waals surface area contributed by atoms with Gasteiger partial charge in [-0.1, -0.05) is 0 Å². The number of aromatic amines is 1. The maximum Gasteiger partial charge on any atom is 0.266 e. The van der Waals surface area contributed by atoms with Crippen LogP contribution in [-0.2, 0) is 0 Å². The van der Waals surface area contributed by atoms with E-state index in [0.717, 1.165) is 0 Å². The number of halogens is 1. The summed E-state index contributed by atoms with van der Waals surface area (Å²) in [6, 6.07) is 5.55. The lowest BCUT2D eigenvalue weighted by atomic mass is 10.1. The Morgan fingerprint density at radius 1 is 1.50 bits per heavy atom. The average Bonchev–Trinajstić information content (AvgIpc) is 2.29. The molecule has 0 aliphatic rings. The third kappa shape index (κ3) is 1.41. The number of H-pyrrole nitrogens is 1. The fourth-order valence-electron chi connectivity index (χ4n) is 1.49. The van der Waals surface area contributed by atoms with Gasteiger partial charge < -0.3 is 9.72 Å². The molecular formula is C11H7FN2O2. The summed E-state index contributed by atoms with van der Waals surface area (Å²) < 4.78 is 18.5. The van der Waals surface area contributed by atoms with Crippen LogP contribution in [0, 0.1) is 17.1 Å². The average molecular weight is 218 g/mol. The van der Waals surface area contributed by atoms with E-state index in [4.69, 9.17) is 10.00 Å². The van der Waals surface area contributed by atoms with Crippen LogP contribution in [0.5, 0.6) is 5.75 Å². The summed E-state index contributed by atoms with van der Waals surface area (Å²) in [6.07, 6.45) is 0. The Morgan fingerprint density at radius 2 is 2.25 bits per heavy atom. The Labute approximate surface area is 89.9 Å². The first kappa shape index (κ1) is 10.2. The highest BCUT2D eigenvalue weighted by Crippen LogP contribution is 2.25. The zero-order chi connectivity index (χ0) is 11.7. The van der Waals surface area contributed by atoms with Crippen LogP contribution in [-0.4, -0.2) is 12.1 Å². The fraction of sp³-hybridized carbons (Fsp3) is 0.0909. The standard InChI is InChI=1S/C11H7FN2O2/c1-16-9-3-2-8(12)7-4-6(5-13)11(15)14-10(7)9/h2-4H,1H3,(H,14,15). The zero-order valence-corrected chi connectivity index (χ0v) is 8.37. The summed E-state index contributed by atoms with van der Waals surface area (Å²) in [7, 11) is 1.42. The lowest BCUT2D eigenvalue weighted by Gasteiger charge is -2.05. The van der Waals surface area contributed by atoms with E-state index in [1.807, 2.05) is 0 Å². The van der Waals surface area contributed by atoms with E-state index >= 15 is 0 Å². The van der Waals surface area contributed by atoms with Crippen LogP contribution >= 0.6 is 0 Å². The molecular weight excluding hydrogens is 211 g/mol. The SMILES string of the molecule is COc1ccc(F)c2cc(C#N)c(=O)[nH]c12. The Bertz CT molecular complexity index is 655. The van der Waals surface area contributed by atoms with Gasteiger partial charge in [0.2, 0.25) is 0 Å². The summed E-state index contributed by atoms with van der Waals surface area (Å²) >= 11 is 0. The number of methoxy groups -OCH3 is 1. The largest absolute Gasteiger partial charge is 0.495 e. The van der Waals surface area contributed by atoms with E-state index in [-0.39, 0.29) is 16.5 Å². The van der Waals surface area contributed by atoms with Crippen LogP contribution in [0.3, 0.4) is 0 Å². The van der Waals surface area contributed by atoms with E-state index in [1.54, 1.807) is 6.07 Å². The number of nitrogens with zero attached hydrogens (tertiary/aromatic N) is 1. The zero-order valence-electron chi connectivity index (χ0n) is 8.37. The van der Waals surface area contributed by atoms with Crippen molar-refractivity contribution in [3.8, 4) is 11.8 Å². The van der Waals surface area contributed by atoms with Crippen LogP contribution in [0.4, 0.5) is 4.39 Å². The third-order valence-corrected chi connectivity index (χ3v) is 2.27. The van der Waals surface area contributed by atoms with Crippen LogP contribution in [0.1, 0.15) is 5.56 Å². The molecule has 0 fully saturated rings. The van der Waals surface area contributed by atoms with Crippen LogP contribution < -0.4 is 10.3 Å². The highest BCUT2D eigenvalue weighted by Gasteiger charge is 2.10. The monoisotopic (exact) mass is 218 g/mol. The first-order chi connectivity index (χ1) is 7.67. The van der Waals surface area contributed by atoms with Crippen molar-refractivity contribution in [1.29, 1.82) is 5.26 Å². The van der Waals surface area contributed by atoms with Crippen molar-refractivity contribution in [2.24, 2.45) is 0 Å². The van der Waals surface area contributed by atoms with E-state index in [1.165, 1.54) is 25.3 Å². The smallest absolute Gasteiger partial charge is 0.266 e. The quantitative estimate of drug-likeness (QED) is 0.789. The summed E-state index contributed by atoms with van der Waals surface area (Å²) in [5.74, 6) is -0.151. The predicted octanol–water partition coefficient (Wildman–Crippen LogP) is 1.55. The molecule has 80 valence electrons. The molecule has 1 N–H and O–H groups in total. The van der Waals surface area contributed by atoms with Crippen molar-refractivity contribution < 1.29 is 9.13 Å². The molecule has 4 nitrogen and oxygen atoms in total. The molecule has 0 spiro atoms. The molecule has 0 aliphatic carbocycles. The number of hydrogen-bond donors (Lipinski definition) is 1. The minimum absolute atomic E-state index is 0.125. The van der Waals surface area contributed by atoms with Gasteiger partial charge in [-0.05, 0) is 18.2 Å². The predicted molar refractivity (Wildman–Crippen MR) is 55.8 cm³/mol. The van der Waals surface area contributed by atoms with E-state index in [0.29, 0.717) is 5.75 Å². The molecule has 0 saturated heterocycles. The second-order valence-corrected chi connectivity index (χ2v) is 3.16. The molecule has 0 amide bonds. The third-order valence-electron chi connectivity index (χ3n) is 2.27. The van der Waals surface area contributed by atoms with Crippen molar-refractivity contribution in [2.45, 2.75) is 0 Å². The van der Waals surface area contributed by atoms with Crippen molar-refractivity contribution in [2.75, 3.05) is 7.11 Å². The van der Waals surface area contributed by atoms with Crippen LogP contribution in [0.15, 0.2) is 23.0 Å². The number of nitrogens with one attached hydrogen (secondary N) is 1. The molecule has 2 rings (SSSR count). The molecule has 5 heteroatoms. The Balaban J connectivity index is 2.95. The van der Waals surface area contributed by atoms with Gasteiger partial charge in [0.15, 0.2) is 0 Å². The van der Waals surface area contributed by atoms with Gasteiger partial charge in [-0.25, -0.2) is 4.39 Å². The number of nitriles is 1. The van der Waals surface area contributed by atoms with Crippen molar-refractivity contribution >= 4 is 10.9 Å². The first-order valence-corrected chi connectivity index (χ1v) is 4.47. The van der Waals surface area contributed by atoms with Crippen LogP contribution in [0.2, 0.25) is 0 Å². The molecule has 2 aromatic rings. The minimum atomic E-state index is -0.557. The Kier molecular flexibility index (Phi) is 2.33. The molecule has 1 aromatic carbocycles. The number of rotatable bonds is 1. The Morgan fingerprint density at radius 3 is 2.88 bits per heavy atom. The van der Waals surface area contributed by atoms with Gasteiger partial charge in [0.05, 0.1) is 12.6 Å². The summed E-state index contributed by atoms with van der Waals surface area (Å²) in [5.41, 5.74) is -0.426. The number of pyridine rings is 1. The lowest BCUT2D eigenvalue weighted by molar-refractivity contribution is 0.418. The van der Waals surface area contributed by atoms with Crippen molar-refractivity contribution in [3.63, 3.8) is 0 Å². The molecule has 0 radical (unpaired) electrons. The fourth-order valence-corrected chi connectivity index (χ4v) is 1.49. The van der Waals surface area contributed by atoms with Gasteiger partial charge in [0.25, 0.3) is 5.56 Å². The van der Waals surface area contributed by atoms with Gasteiger partial charge in [-0.2, -0.15) is 5.26 Å². The van der Waals surface area contributed by atoms with Gasteiger partial charge in [0, 0.05) is 5.39 Å². The van der Waals surface area contributed by atoms with Crippen molar-refractivity contribution in [3.05, 3.63) is 39.9 Å². The van der Waals surface area contributed by atoms with Gasteiger partial charge in [-0.15, -0.1) is 0 Å². The van der Waals surface area contributed by atoms with E-state index < -0.39 is 11.4 Å². The summed E-state index contributed by atoms with van der Waals surface area (Å²) in [5, 5.41) is 8.83. The normalized spacial score (nSPS) is 10.1. The van der Waals surface area contributed by atoms with Gasteiger partial charge in [-0.3, -0.25) is 4.79 Å². The molecule has 1 heterocycles. The molecule has 0 aliphatic heterocycles. The van der Waals surface area contributed by atoms with Gasteiger partial charge in [0.1, 0.15) is 23.2 Å². The first-order valence-electron chi connectivity index (χ1n) is 4.47. The number of benzene rings is 1. The summed E-state index contributed by atoms with van der Waals surface area (Å²) in [6.45, 7) is 0. The number of ether oxygens (including phenoxy) is 1. The molecule has 1 aromatic heterocycles. The van der Waals surface area contributed by atoms with Gasteiger partial charge >= 0.3 is 0 Å². The Hall–Kier alpha value is -2.35. The van der Waals surface area contributed by atoms with Crippen LogP contribution in [0.25, 0.3) is 10.9 Å². The molecule has 0 atom stereocenters. The maximum absolute atomic E-state index is 13.5. The molecule has 0 unspecified atom stereocenters. The van der Waals surface area contributed by atoms with E-state index in [2.05, 4.69) is 4.98 Å². The second-order valence-electron chi connectivity index (χ2n) is 3.16.